The fourth-order valence-corrected chi connectivity index (χ4v) is 5.18. The van der Waals surface area contributed by atoms with E-state index < -0.39 is 0 Å². The smallest absolute Gasteiger partial charge is 0.204 e. The van der Waals surface area contributed by atoms with Gasteiger partial charge in [0.1, 0.15) is 0 Å². The van der Waals surface area contributed by atoms with E-state index in [4.69, 9.17) is 17.8 Å². The molecule has 0 amide bonds. The van der Waals surface area contributed by atoms with Gasteiger partial charge in [0.2, 0.25) is 5.95 Å². The van der Waals surface area contributed by atoms with Crippen LogP contribution in [0, 0.1) is 12.8 Å². The number of allylic oxidation sites excluding steroid dienone is 2. The maximum Gasteiger partial charge on any atom is 0.204 e. The minimum atomic E-state index is -0.363. The number of rotatable bonds is 14. The highest BCUT2D eigenvalue weighted by Gasteiger charge is 2.23. The van der Waals surface area contributed by atoms with Gasteiger partial charge < -0.3 is 20.1 Å². The molecule has 1 aliphatic heterocycles. The second kappa shape index (κ2) is 14.6. The minimum Gasteiger partial charge on any atom is -0.388 e. The maximum absolute atomic E-state index is 6.56. The number of nitrogens with one attached hydrogen (secondary N) is 2. The van der Waals surface area contributed by atoms with Gasteiger partial charge in [0.25, 0.3) is 0 Å². The van der Waals surface area contributed by atoms with Crippen LogP contribution in [-0.2, 0) is 6.54 Å². The maximum atomic E-state index is 6.56. The molecule has 0 spiro atoms. The Bertz CT molecular complexity index is 1200. The Morgan fingerprint density at radius 2 is 2.00 bits per heavy atom. The van der Waals surface area contributed by atoms with Gasteiger partial charge in [-0.2, -0.15) is 0 Å². The molecule has 0 saturated carbocycles. The van der Waals surface area contributed by atoms with E-state index in [0.717, 1.165) is 85.6 Å². The summed E-state index contributed by atoms with van der Waals surface area (Å²) < 4.78 is 2.23. The van der Waals surface area contributed by atoms with Crippen LogP contribution in [0.1, 0.15) is 71.2 Å². The summed E-state index contributed by atoms with van der Waals surface area (Å²) >= 11 is 0. The number of imidazole rings is 1. The summed E-state index contributed by atoms with van der Waals surface area (Å²) in [5.74, 6) is 1.61. The summed E-state index contributed by atoms with van der Waals surface area (Å²) in [6.45, 7) is 23.5. The highest BCUT2D eigenvalue weighted by Crippen LogP contribution is 2.34. The van der Waals surface area contributed by atoms with Crippen LogP contribution in [0.15, 0.2) is 43.1 Å². The molecule has 210 valence electrons. The first-order valence-corrected chi connectivity index (χ1v) is 14.6. The van der Waals surface area contributed by atoms with Gasteiger partial charge in [-0.25, -0.2) is 4.98 Å². The fraction of sp³-hybridized carbons (Fsp3) is 0.562. The summed E-state index contributed by atoms with van der Waals surface area (Å²) in [7, 11) is 6.56. The Morgan fingerprint density at radius 1 is 1.26 bits per heavy atom. The van der Waals surface area contributed by atoms with Gasteiger partial charge in [0.15, 0.2) is 0 Å². The number of pyridine rings is 1. The van der Waals surface area contributed by atoms with E-state index >= 15 is 0 Å². The van der Waals surface area contributed by atoms with E-state index in [-0.39, 0.29) is 5.31 Å². The van der Waals surface area contributed by atoms with Crippen LogP contribution in [0.2, 0.25) is 5.31 Å². The zero-order valence-corrected chi connectivity index (χ0v) is 25.0. The van der Waals surface area contributed by atoms with Gasteiger partial charge in [-0.15, -0.1) is 0 Å². The predicted octanol–water partition coefficient (Wildman–Crippen LogP) is 4.55. The van der Waals surface area contributed by atoms with Crippen molar-refractivity contribution in [3.63, 3.8) is 0 Å². The molecule has 1 aliphatic rings. The molecule has 7 heteroatoms. The fourth-order valence-electron chi connectivity index (χ4n) is 5.18. The molecule has 0 bridgehead atoms. The van der Waals surface area contributed by atoms with Gasteiger partial charge in [0, 0.05) is 43.6 Å². The molecule has 1 unspecified atom stereocenters. The van der Waals surface area contributed by atoms with E-state index in [2.05, 4.69) is 72.2 Å². The van der Waals surface area contributed by atoms with E-state index in [0.29, 0.717) is 18.5 Å². The normalized spacial score (nSPS) is 17.4. The van der Waals surface area contributed by atoms with Crippen molar-refractivity contribution in [1.82, 2.24) is 24.8 Å². The lowest BCUT2D eigenvalue weighted by Crippen LogP contribution is -2.42. The molecule has 1 saturated heterocycles. The van der Waals surface area contributed by atoms with Crippen LogP contribution in [0.25, 0.3) is 12.2 Å². The Hall–Kier alpha value is -2.80. The first kappa shape index (κ1) is 30.7. The summed E-state index contributed by atoms with van der Waals surface area (Å²) in [5, 5.41) is 8.92. The zero-order chi connectivity index (χ0) is 28.4. The van der Waals surface area contributed by atoms with Crippen molar-refractivity contribution in [2.45, 2.75) is 84.6 Å². The van der Waals surface area contributed by atoms with Gasteiger partial charge >= 0.3 is 0 Å². The van der Waals surface area contributed by atoms with Crippen LogP contribution in [0.5, 0.6) is 0 Å². The molecule has 2 aromatic heterocycles. The van der Waals surface area contributed by atoms with Crippen LogP contribution in [-0.4, -0.2) is 59.5 Å². The molecule has 0 aromatic carbocycles. The first-order valence-electron chi connectivity index (χ1n) is 14.6. The van der Waals surface area contributed by atoms with Crippen molar-refractivity contribution in [2.75, 3.05) is 31.5 Å². The van der Waals surface area contributed by atoms with E-state index in [9.17, 15) is 0 Å². The van der Waals surface area contributed by atoms with Crippen LogP contribution in [0.4, 0.5) is 5.95 Å². The molecule has 1 atom stereocenters. The molecule has 3 rings (SSSR count). The van der Waals surface area contributed by atoms with Crippen molar-refractivity contribution in [1.29, 1.82) is 0 Å². The molecule has 2 radical (unpaired) electrons. The van der Waals surface area contributed by atoms with E-state index in [1.807, 2.05) is 32.1 Å². The van der Waals surface area contributed by atoms with Crippen molar-refractivity contribution in [2.24, 2.45) is 5.92 Å². The first-order chi connectivity index (χ1) is 18.6. The number of nitrogens with zero attached hydrogens (tertiary/aromatic N) is 4. The summed E-state index contributed by atoms with van der Waals surface area (Å²) in [5.41, 5.74) is 2.99. The quantitative estimate of drug-likeness (QED) is 0.353. The molecular weight excluding hydrogens is 479 g/mol. The van der Waals surface area contributed by atoms with Crippen LogP contribution in [0.3, 0.4) is 0 Å². The van der Waals surface area contributed by atoms with Gasteiger partial charge in [-0.1, -0.05) is 71.4 Å². The van der Waals surface area contributed by atoms with Crippen molar-refractivity contribution < 1.29 is 0 Å². The monoisotopic (exact) mass is 528 g/mol. The van der Waals surface area contributed by atoms with E-state index in [1.54, 1.807) is 0 Å². The highest BCUT2D eigenvalue weighted by molar-refractivity contribution is 6.16. The number of aromatic nitrogens is 3. The molecule has 0 aliphatic carbocycles. The molecule has 39 heavy (non-hydrogen) atoms. The molecule has 6 nitrogen and oxygen atoms in total. The standard InChI is InChI=1S/C32H49BN6/c1-8-12-30-29(9-2)37-31(39(30)23-28-15-10-14-25(5)35-28)36-27-16-20-38(21-17-27)22-19-34-26(6)32(7,33)18-11-13-24(3)4/h8-10,12,14-15,24,27,34H,1,6,11,13,16-23H2,2-5,7H3,(H,36,37)/b29-9+,30-12+. The Labute approximate surface area is 237 Å². The second-order valence-electron chi connectivity index (χ2n) is 11.6. The predicted molar refractivity (Wildman–Crippen MR) is 167 cm³/mol. The highest BCUT2D eigenvalue weighted by atomic mass is 15.2. The Kier molecular flexibility index (Phi) is 11.5. The average Bonchev–Trinajstić information content (AvgIpc) is 3.20. The number of hydrogen-bond acceptors (Lipinski definition) is 5. The summed E-state index contributed by atoms with van der Waals surface area (Å²) in [6.07, 6.45) is 11.4. The molecule has 1 fully saturated rings. The lowest BCUT2D eigenvalue weighted by Gasteiger charge is -2.34. The largest absolute Gasteiger partial charge is 0.388 e. The molecule has 2 N–H and O–H groups in total. The summed E-state index contributed by atoms with van der Waals surface area (Å²) in [6, 6.07) is 6.54. The minimum absolute atomic E-state index is 0.363. The van der Waals surface area contributed by atoms with E-state index in [1.165, 1.54) is 6.42 Å². The Balaban J connectivity index is 1.55. The zero-order valence-electron chi connectivity index (χ0n) is 25.0. The number of anilines is 1. The van der Waals surface area contributed by atoms with Crippen LogP contribution < -0.4 is 21.3 Å². The van der Waals surface area contributed by atoms with Crippen LogP contribution >= 0.6 is 0 Å². The average molecular weight is 529 g/mol. The second-order valence-corrected chi connectivity index (χ2v) is 11.6. The lowest BCUT2D eigenvalue weighted by atomic mass is 9.65. The third kappa shape index (κ3) is 9.13. The molecular formula is C32H49BN6. The topological polar surface area (TPSA) is 58.0 Å². The van der Waals surface area contributed by atoms with Gasteiger partial charge in [-0.3, -0.25) is 4.98 Å². The molecule has 3 heterocycles. The van der Waals surface area contributed by atoms with Gasteiger partial charge in [0.05, 0.1) is 30.8 Å². The Morgan fingerprint density at radius 3 is 2.64 bits per heavy atom. The third-order valence-electron chi connectivity index (χ3n) is 7.70. The van der Waals surface area contributed by atoms with Gasteiger partial charge in [-0.05, 0) is 56.1 Å². The number of hydrogen-bond donors (Lipinski definition) is 2. The number of piperidine rings is 1. The van der Waals surface area contributed by atoms with Crippen molar-refractivity contribution in [3.8, 4) is 0 Å². The SMILES string of the molecule is [B]C(C)(CCCC(C)C)C(=C)NCCN1CCC(Nc2nc(=C/C)/c(=C\C=C)n2Cc2cccc(C)n2)CC1. The number of likely N-dealkylation sites (tertiary alicyclic amines) is 1. The summed E-state index contributed by atoms with van der Waals surface area (Å²) in [4.78, 5) is 12.2. The number of aryl methyl sites for hydroxylation is 1. The van der Waals surface area contributed by atoms with Crippen molar-refractivity contribution >= 4 is 25.9 Å². The third-order valence-corrected chi connectivity index (χ3v) is 7.70. The van der Waals surface area contributed by atoms with Crippen molar-refractivity contribution in [3.05, 3.63) is 65.2 Å². The lowest BCUT2D eigenvalue weighted by molar-refractivity contribution is 0.220. The molecule has 2 aromatic rings.